The molecule has 0 saturated heterocycles. The maximum absolute atomic E-state index is 4.97. The van der Waals surface area contributed by atoms with Gasteiger partial charge in [0.05, 0.1) is 7.11 Å². The van der Waals surface area contributed by atoms with Crippen molar-refractivity contribution in [3.8, 4) is 5.75 Å². The first-order valence-corrected chi connectivity index (χ1v) is 2.93. The molecule has 0 aliphatic carbocycles. The first-order valence-electron chi connectivity index (χ1n) is 2.93. The molecule has 1 aromatic carbocycles. The van der Waals surface area contributed by atoms with E-state index in [1.165, 1.54) is 5.56 Å². The Bertz CT molecular complexity index is 186. The summed E-state index contributed by atoms with van der Waals surface area (Å²) in [6.45, 7) is 2.06. The number of aryl methyl sites for hydroxylation is 1. The number of ether oxygens (including phenoxy) is 1. The molecule has 0 amide bonds. The van der Waals surface area contributed by atoms with Crippen LogP contribution in [0.4, 0.5) is 0 Å². The number of benzene rings is 1. The largest absolute Gasteiger partial charge is 1.00 e. The van der Waals surface area contributed by atoms with E-state index in [1.807, 2.05) is 24.3 Å². The van der Waals surface area contributed by atoms with Crippen molar-refractivity contribution >= 4 is 0 Å². The van der Waals surface area contributed by atoms with E-state index < -0.39 is 0 Å². The normalized spacial score (nSPS) is 8.20. The van der Waals surface area contributed by atoms with Gasteiger partial charge in [0.1, 0.15) is 5.75 Å². The average Bonchev–Trinajstić information content (AvgIpc) is 1.90. The van der Waals surface area contributed by atoms with Crippen molar-refractivity contribution in [3.63, 3.8) is 0 Å². The molecule has 2 heteroatoms. The summed E-state index contributed by atoms with van der Waals surface area (Å²) >= 11 is 0. The van der Waals surface area contributed by atoms with Crippen molar-refractivity contribution in [3.05, 3.63) is 29.8 Å². The molecule has 0 N–H and O–H groups in total. The number of methoxy groups -OCH3 is 1. The monoisotopic (exact) mass is 162 g/mol. The van der Waals surface area contributed by atoms with Gasteiger partial charge in [-0.05, 0) is 19.1 Å². The second-order valence-corrected chi connectivity index (χ2v) is 2.02. The maximum Gasteiger partial charge on any atom is 1.00 e. The summed E-state index contributed by atoms with van der Waals surface area (Å²) in [6.07, 6.45) is 0. The molecule has 0 aromatic heterocycles. The fraction of sp³-hybridized carbons (Fsp3) is 0.250. The average molecular weight is 162 g/mol. The second-order valence-electron chi connectivity index (χ2n) is 2.02. The Kier molecular flexibility index (Phi) is 5.68. The van der Waals surface area contributed by atoms with E-state index in [-0.39, 0.29) is 52.8 Å². The zero-order chi connectivity index (χ0) is 6.69. The summed E-state index contributed by atoms with van der Waals surface area (Å²) in [6, 6.07) is 7.96. The zero-order valence-corrected chi connectivity index (χ0v) is 9.84. The third-order valence-corrected chi connectivity index (χ3v) is 1.26. The fourth-order valence-corrected chi connectivity index (χ4v) is 0.674. The SMILES string of the molecule is COc1ccc(C)cc1.[H-].[K+]. The van der Waals surface area contributed by atoms with Crippen molar-refractivity contribution in [2.75, 3.05) is 7.11 Å². The summed E-state index contributed by atoms with van der Waals surface area (Å²) in [5.41, 5.74) is 1.26. The van der Waals surface area contributed by atoms with Crippen molar-refractivity contribution < 1.29 is 57.5 Å². The molecular weight excluding hydrogens is 151 g/mol. The molecule has 0 fully saturated rings. The van der Waals surface area contributed by atoms with Gasteiger partial charge in [0.25, 0.3) is 0 Å². The van der Waals surface area contributed by atoms with E-state index in [4.69, 9.17) is 4.74 Å². The van der Waals surface area contributed by atoms with Crippen molar-refractivity contribution in [2.45, 2.75) is 6.92 Å². The first-order chi connectivity index (χ1) is 4.33. The van der Waals surface area contributed by atoms with Crippen molar-refractivity contribution in [2.24, 2.45) is 0 Å². The molecule has 10 heavy (non-hydrogen) atoms. The third kappa shape index (κ3) is 3.17. The van der Waals surface area contributed by atoms with Gasteiger partial charge in [0.2, 0.25) is 0 Å². The minimum absolute atomic E-state index is 0. The Balaban J connectivity index is 0. The predicted octanol–water partition coefficient (Wildman–Crippen LogP) is -0.880. The number of rotatable bonds is 1. The first kappa shape index (κ1) is 10.7. The summed E-state index contributed by atoms with van der Waals surface area (Å²) < 4.78 is 4.97. The van der Waals surface area contributed by atoms with Crippen LogP contribution in [0, 0.1) is 6.92 Å². The van der Waals surface area contributed by atoms with Crippen LogP contribution in [0.25, 0.3) is 0 Å². The molecule has 0 atom stereocenters. The van der Waals surface area contributed by atoms with Gasteiger partial charge in [0, 0.05) is 0 Å². The van der Waals surface area contributed by atoms with Crippen LogP contribution in [0.5, 0.6) is 5.75 Å². The zero-order valence-electron chi connectivity index (χ0n) is 7.72. The molecule has 0 aliphatic rings. The molecule has 0 spiro atoms. The van der Waals surface area contributed by atoms with E-state index in [1.54, 1.807) is 7.11 Å². The second kappa shape index (κ2) is 5.33. The Morgan fingerprint density at radius 3 is 2.10 bits per heavy atom. The quantitative estimate of drug-likeness (QED) is 0.487. The summed E-state index contributed by atoms with van der Waals surface area (Å²) in [4.78, 5) is 0. The maximum atomic E-state index is 4.97. The van der Waals surface area contributed by atoms with Crippen LogP contribution in [-0.4, -0.2) is 7.11 Å². The van der Waals surface area contributed by atoms with E-state index in [9.17, 15) is 0 Å². The number of hydrogen-bond acceptors (Lipinski definition) is 1. The van der Waals surface area contributed by atoms with Gasteiger partial charge in [-0.25, -0.2) is 0 Å². The van der Waals surface area contributed by atoms with Crippen molar-refractivity contribution in [1.29, 1.82) is 0 Å². The Morgan fingerprint density at radius 2 is 1.70 bits per heavy atom. The van der Waals surface area contributed by atoms with Gasteiger partial charge >= 0.3 is 51.4 Å². The Labute approximate surface area is 106 Å². The van der Waals surface area contributed by atoms with Gasteiger partial charge in [-0.15, -0.1) is 0 Å². The minimum Gasteiger partial charge on any atom is -1.00 e. The van der Waals surface area contributed by atoms with Gasteiger partial charge < -0.3 is 6.16 Å². The van der Waals surface area contributed by atoms with E-state index in [2.05, 4.69) is 6.92 Å². The Morgan fingerprint density at radius 1 is 1.20 bits per heavy atom. The third-order valence-electron chi connectivity index (χ3n) is 1.26. The van der Waals surface area contributed by atoms with E-state index in [0.717, 1.165) is 5.75 Å². The van der Waals surface area contributed by atoms with E-state index >= 15 is 0 Å². The van der Waals surface area contributed by atoms with Crippen LogP contribution >= 0.6 is 0 Å². The van der Waals surface area contributed by atoms with Gasteiger partial charge in [-0.2, -0.15) is 0 Å². The molecule has 0 bridgehead atoms. The van der Waals surface area contributed by atoms with Crippen LogP contribution in [0.3, 0.4) is 0 Å². The molecular formula is C8H11KO. The van der Waals surface area contributed by atoms with Crippen LogP contribution in [0.15, 0.2) is 24.3 Å². The topological polar surface area (TPSA) is 9.23 Å². The predicted molar refractivity (Wildman–Crippen MR) is 38.8 cm³/mol. The van der Waals surface area contributed by atoms with Crippen LogP contribution in [0.1, 0.15) is 6.99 Å². The van der Waals surface area contributed by atoms with Gasteiger partial charge in [-0.1, -0.05) is 17.7 Å². The molecule has 0 unspecified atom stereocenters. The minimum atomic E-state index is 0. The molecule has 0 radical (unpaired) electrons. The standard InChI is InChI=1S/C8H10O.K.H/c1-7-3-5-8(9-2)6-4-7;;/h3-6H,1-2H3;;/q;+1;-1. The van der Waals surface area contributed by atoms with Crippen LogP contribution < -0.4 is 56.1 Å². The molecule has 50 valence electrons. The summed E-state index contributed by atoms with van der Waals surface area (Å²) in [5.74, 6) is 0.917. The van der Waals surface area contributed by atoms with Crippen LogP contribution in [-0.2, 0) is 0 Å². The molecule has 0 heterocycles. The van der Waals surface area contributed by atoms with Crippen molar-refractivity contribution in [1.82, 2.24) is 0 Å². The molecule has 1 aromatic rings. The summed E-state index contributed by atoms with van der Waals surface area (Å²) in [5, 5.41) is 0. The number of hydrogen-bond donors (Lipinski definition) is 0. The smallest absolute Gasteiger partial charge is 1.00 e. The summed E-state index contributed by atoms with van der Waals surface area (Å²) in [7, 11) is 1.67. The molecule has 1 nitrogen and oxygen atoms in total. The van der Waals surface area contributed by atoms with E-state index in [0.29, 0.717) is 0 Å². The fourth-order valence-electron chi connectivity index (χ4n) is 0.674. The Hall–Kier alpha value is 0.656. The van der Waals surface area contributed by atoms with Gasteiger partial charge in [0.15, 0.2) is 0 Å². The molecule has 0 saturated carbocycles. The van der Waals surface area contributed by atoms with Crippen LogP contribution in [0.2, 0.25) is 0 Å². The molecule has 0 aliphatic heterocycles. The molecule has 1 rings (SSSR count). The van der Waals surface area contributed by atoms with Gasteiger partial charge in [-0.3, -0.25) is 0 Å².